The van der Waals surface area contributed by atoms with Crippen LogP contribution in [0.3, 0.4) is 0 Å². The van der Waals surface area contributed by atoms with Crippen molar-refractivity contribution < 1.29 is 30.8 Å². The summed E-state index contributed by atoms with van der Waals surface area (Å²) in [6, 6.07) is 5.40. The Hall–Kier alpha value is -4.12. The molecule has 13 heteroatoms. The van der Waals surface area contributed by atoms with E-state index in [1.165, 1.54) is 22.6 Å². The predicted octanol–water partition coefficient (Wildman–Crippen LogP) is 4.07. The number of piperazine rings is 1. The lowest BCUT2D eigenvalue weighted by Gasteiger charge is -2.35. The second-order valence-corrected chi connectivity index (χ2v) is 11.8. The molecule has 4 rings (SSSR count). The van der Waals surface area contributed by atoms with E-state index in [0.29, 0.717) is 18.2 Å². The SMILES string of the molecule is C#[N+]C(C(=O)Nc1cncc(F)c1CC(=C)C1CNCCN1S(C)(=O)=O)C(c1ccc(F)cc1)c1cc(F)cc(F)c1. The van der Waals surface area contributed by atoms with Crippen LogP contribution in [0.5, 0.6) is 0 Å². The fourth-order valence-corrected chi connectivity index (χ4v) is 6.13. The minimum Gasteiger partial charge on any atom is -0.317 e. The van der Waals surface area contributed by atoms with Crippen LogP contribution in [-0.4, -0.2) is 61.6 Å². The Morgan fingerprint density at radius 1 is 1.12 bits per heavy atom. The zero-order valence-electron chi connectivity index (χ0n) is 22.5. The van der Waals surface area contributed by atoms with Gasteiger partial charge in [-0.05, 0) is 41.8 Å². The molecule has 3 unspecified atom stereocenters. The van der Waals surface area contributed by atoms with Crippen molar-refractivity contribution in [1.29, 1.82) is 0 Å². The second-order valence-electron chi connectivity index (χ2n) is 9.89. The molecule has 2 aromatic carbocycles. The van der Waals surface area contributed by atoms with Gasteiger partial charge in [0.15, 0.2) is 0 Å². The highest BCUT2D eigenvalue weighted by atomic mass is 32.2. The summed E-state index contributed by atoms with van der Waals surface area (Å²) in [6.45, 7) is 10.5. The van der Waals surface area contributed by atoms with Crippen LogP contribution in [0.25, 0.3) is 4.85 Å². The van der Waals surface area contributed by atoms with E-state index in [-0.39, 0.29) is 41.9 Å². The van der Waals surface area contributed by atoms with Crippen LogP contribution in [0, 0.1) is 29.8 Å². The molecule has 1 aliphatic heterocycles. The van der Waals surface area contributed by atoms with Gasteiger partial charge < -0.3 is 10.6 Å². The maximum absolute atomic E-state index is 15.1. The number of nitrogens with zero attached hydrogens (tertiary/aromatic N) is 3. The molecule has 0 saturated carbocycles. The third-order valence-corrected chi connectivity index (χ3v) is 8.27. The largest absolute Gasteiger partial charge is 0.359 e. The van der Waals surface area contributed by atoms with Gasteiger partial charge in [-0.2, -0.15) is 4.31 Å². The van der Waals surface area contributed by atoms with Crippen molar-refractivity contribution in [2.45, 2.75) is 24.4 Å². The van der Waals surface area contributed by atoms with Crippen LogP contribution in [0.2, 0.25) is 0 Å². The van der Waals surface area contributed by atoms with Crippen LogP contribution in [-0.2, 0) is 21.2 Å². The molecule has 3 atom stereocenters. The molecular weight excluding hydrogens is 574 g/mol. The first-order chi connectivity index (χ1) is 19.9. The van der Waals surface area contributed by atoms with Crippen LogP contribution in [0.1, 0.15) is 22.6 Å². The lowest BCUT2D eigenvalue weighted by Crippen LogP contribution is -2.54. The second kappa shape index (κ2) is 12.8. The van der Waals surface area contributed by atoms with Crippen molar-refractivity contribution in [3.63, 3.8) is 0 Å². The van der Waals surface area contributed by atoms with Crippen LogP contribution >= 0.6 is 0 Å². The first-order valence-corrected chi connectivity index (χ1v) is 14.6. The fraction of sp³-hybridized carbons (Fsp3) is 0.276. The van der Waals surface area contributed by atoms with Gasteiger partial charge in [0, 0.05) is 31.3 Å². The Morgan fingerprint density at radius 2 is 1.79 bits per heavy atom. The Balaban J connectivity index is 1.67. The van der Waals surface area contributed by atoms with Crippen molar-refractivity contribution in [2.75, 3.05) is 31.2 Å². The number of carbonyl (C=O) groups is 1. The molecule has 1 amide bonds. The molecule has 3 aromatic rings. The number of halogens is 4. The summed E-state index contributed by atoms with van der Waals surface area (Å²) in [5, 5.41) is 5.64. The number of nitrogens with one attached hydrogen (secondary N) is 2. The Morgan fingerprint density at radius 3 is 2.40 bits per heavy atom. The van der Waals surface area contributed by atoms with Gasteiger partial charge in [-0.15, -0.1) is 0 Å². The molecule has 8 nitrogen and oxygen atoms in total. The minimum atomic E-state index is -3.58. The van der Waals surface area contributed by atoms with E-state index < -0.39 is 57.2 Å². The van der Waals surface area contributed by atoms with Crippen molar-refractivity contribution in [3.05, 3.63) is 112 Å². The van der Waals surface area contributed by atoms with Crippen LogP contribution in [0.15, 0.2) is 67.0 Å². The summed E-state index contributed by atoms with van der Waals surface area (Å²) >= 11 is 0. The molecule has 0 bridgehead atoms. The number of rotatable bonds is 9. The number of carbonyl (C=O) groups excluding carboxylic acids is 1. The monoisotopic (exact) mass is 602 g/mol. The molecule has 1 saturated heterocycles. The van der Waals surface area contributed by atoms with E-state index in [0.717, 1.165) is 36.7 Å². The highest BCUT2D eigenvalue weighted by Gasteiger charge is 2.40. The topological polar surface area (TPSA) is 95.8 Å². The third kappa shape index (κ3) is 7.02. The van der Waals surface area contributed by atoms with E-state index in [1.54, 1.807) is 0 Å². The molecule has 2 heterocycles. The van der Waals surface area contributed by atoms with Gasteiger partial charge in [0.1, 0.15) is 23.3 Å². The van der Waals surface area contributed by atoms with Crippen molar-refractivity contribution in [3.8, 4) is 6.57 Å². The number of hydrogen-bond donors (Lipinski definition) is 2. The standard InChI is InChI=1S/C29H27F4N5O3S/c1-17(26-16-35-8-9-38(26)42(3,40)41)10-23-24(33)14-36-15-25(23)37-29(39)28(34-2)27(18-4-6-20(30)7-5-18)19-11-21(31)13-22(32)12-19/h2,4-7,11-15,26-28,35H,1,8-10,16H2,3H3/p+1. The average Bonchev–Trinajstić information content (AvgIpc) is 2.93. The molecular formula is C29H28F4N5O3S+. The number of benzene rings is 2. The van der Waals surface area contributed by atoms with E-state index >= 15 is 4.39 Å². The zero-order chi connectivity index (χ0) is 30.6. The average molecular weight is 603 g/mol. The van der Waals surface area contributed by atoms with Crippen LogP contribution < -0.4 is 10.6 Å². The normalized spacial score (nSPS) is 17.2. The Labute approximate surface area is 240 Å². The summed E-state index contributed by atoms with van der Waals surface area (Å²) in [7, 11) is -3.58. The Bertz CT molecular complexity index is 1620. The van der Waals surface area contributed by atoms with Crippen LogP contribution in [0.4, 0.5) is 23.2 Å². The molecule has 0 spiro atoms. The molecule has 220 valence electrons. The van der Waals surface area contributed by atoms with Gasteiger partial charge in [0.05, 0.1) is 36.3 Å². The predicted molar refractivity (Wildman–Crippen MR) is 151 cm³/mol. The first-order valence-electron chi connectivity index (χ1n) is 12.8. The number of anilines is 1. The maximum atomic E-state index is 15.1. The van der Waals surface area contributed by atoms with Crippen molar-refractivity contribution in [2.24, 2.45) is 0 Å². The maximum Gasteiger partial charge on any atom is 0.359 e. The van der Waals surface area contributed by atoms with Gasteiger partial charge in [0.25, 0.3) is 6.57 Å². The summed E-state index contributed by atoms with van der Waals surface area (Å²) < 4.78 is 83.1. The van der Waals surface area contributed by atoms with E-state index in [2.05, 4.69) is 27.0 Å². The lowest BCUT2D eigenvalue weighted by atomic mass is 9.84. The Kier molecular flexibility index (Phi) is 9.40. The van der Waals surface area contributed by atoms with E-state index in [9.17, 15) is 26.4 Å². The van der Waals surface area contributed by atoms with Crippen molar-refractivity contribution >= 4 is 21.6 Å². The number of sulfonamides is 1. The molecule has 0 aliphatic carbocycles. The molecule has 1 aromatic heterocycles. The number of aromatic nitrogens is 1. The molecule has 1 fully saturated rings. The highest BCUT2D eigenvalue weighted by molar-refractivity contribution is 7.88. The number of hydrogen-bond acceptors (Lipinski definition) is 5. The van der Waals surface area contributed by atoms with Gasteiger partial charge in [0.2, 0.25) is 10.0 Å². The third-order valence-electron chi connectivity index (χ3n) is 6.98. The lowest BCUT2D eigenvalue weighted by molar-refractivity contribution is -0.116. The minimum absolute atomic E-state index is 0.00471. The van der Waals surface area contributed by atoms with Crippen molar-refractivity contribution in [1.82, 2.24) is 14.6 Å². The smallest absolute Gasteiger partial charge is 0.317 e. The van der Waals surface area contributed by atoms with Gasteiger partial charge in [-0.25, -0.2) is 26.0 Å². The summed E-state index contributed by atoms with van der Waals surface area (Å²) in [5.41, 5.74) is 0.575. The van der Waals surface area contributed by atoms with Gasteiger partial charge in [-0.1, -0.05) is 29.1 Å². The summed E-state index contributed by atoms with van der Waals surface area (Å²) in [6.07, 6.45) is 3.06. The number of pyridine rings is 1. The summed E-state index contributed by atoms with van der Waals surface area (Å²) in [4.78, 5) is 21.1. The number of amides is 1. The van der Waals surface area contributed by atoms with Gasteiger partial charge >= 0.3 is 11.9 Å². The first kappa shape index (κ1) is 30.8. The quantitative estimate of drug-likeness (QED) is 0.285. The zero-order valence-corrected chi connectivity index (χ0v) is 23.3. The van der Waals surface area contributed by atoms with E-state index in [1.807, 2.05) is 0 Å². The molecule has 1 aliphatic rings. The molecule has 42 heavy (non-hydrogen) atoms. The van der Waals surface area contributed by atoms with E-state index in [4.69, 9.17) is 6.57 Å². The van der Waals surface area contributed by atoms with Gasteiger partial charge in [-0.3, -0.25) is 9.78 Å². The summed E-state index contributed by atoms with van der Waals surface area (Å²) in [5.74, 6) is -5.21. The molecule has 0 radical (unpaired) electrons. The molecule has 2 N–H and O–H groups in total. The fourth-order valence-electron chi connectivity index (χ4n) is 5.02. The highest BCUT2D eigenvalue weighted by Crippen LogP contribution is 2.33.